The van der Waals surface area contributed by atoms with Crippen molar-refractivity contribution in [2.45, 2.75) is 33.3 Å². The molecule has 5 heteroatoms. The van der Waals surface area contributed by atoms with Gasteiger partial charge in [-0.1, -0.05) is 19.1 Å². The topological polar surface area (TPSA) is 64.6 Å². The van der Waals surface area contributed by atoms with Crippen LogP contribution >= 0.6 is 0 Å². The molecule has 0 saturated heterocycles. The Hall–Kier alpha value is -1.88. The molecule has 1 atom stereocenters. The summed E-state index contributed by atoms with van der Waals surface area (Å²) >= 11 is 0. The molecule has 1 rings (SSSR count). The predicted molar refractivity (Wildman–Crippen MR) is 76.5 cm³/mol. The van der Waals surface area contributed by atoms with Crippen molar-refractivity contribution in [3.8, 4) is 0 Å². The Labute approximate surface area is 119 Å². The van der Waals surface area contributed by atoms with Crippen LogP contribution in [0.4, 0.5) is 5.69 Å². The molecule has 1 aromatic carbocycles. The fourth-order valence-corrected chi connectivity index (χ4v) is 1.49. The first-order chi connectivity index (χ1) is 9.51. The molecule has 1 N–H and O–H groups in total. The largest absolute Gasteiger partial charge is 0.461 e. The van der Waals surface area contributed by atoms with Crippen LogP contribution in [0.3, 0.4) is 0 Å². The third-order valence-electron chi connectivity index (χ3n) is 2.66. The number of carbonyl (C=O) groups is 2. The second kappa shape index (κ2) is 8.32. The van der Waals surface area contributed by atoms with E-state index in [0.29, 0.717) is 5.69 Å². The second-order valence-corrected chi connectivity index (χ2v) is 4.62. The summed E-state index contributed by atoms with van der Waals surface area (Å²) in [5.41, 5.74) is 1.77. The maximum Gasteiger partial charge on any atom is 0.332 e. The first-order valence-electron chi connectivity index (χ1n) is 6.65. The molecule has 0 saturated carbocycles. The van der Waals surface area contributed by atoms with E-state index in [0.717, 1.165) is 12.0 Å². The van der Waals surface area contributed by atoms with Gasteiger partial charge in [0, 0.05) is 5.69 Å². The van der Waals surface area contributed by atoms with Crippen molar-refractivity contribution in [1.29, 1.82) is 0 Å². The number of benzene rings is 1. The van der Waals surface area contributed by atoms with Crippen molar-refractivity contribution in [2.75, 3.05) is 18.5 Å². The monoisotopic (exact) mass is 279 g/mol. The van der Waals surface area contributed by atoms with Crippen LogP contribution in [-0.2, 0) is 19.1 Å². The van der Waals surface area contributed by atoms with E-state index in [4.69, 9.17) is 9.47 Å². The summed E-state index contributed by atoms with van der Waals surface area (Å²) in [5.74, 6) is -0.755. The number of hydrogen-bond donors (Lipinski definition) is 1. The highest BCUT2D eigenvalue weighted by Gasteiger charge is 2.09. The maximum absolute atomic E-state index is 11.6. The molecular formula is C15H21NO4. The highest BCUT2D eigenvalue weighted by molar-refractivity contribution is 5.91. The van der Waals surface area contributed by atoms with Crippen molar-refractivity contribution in [3.63, 3.8) is 0 Å². The molecule has 20 heavy (non-hydrogen) atoms. The van der Waals surface area contributed by atoms with E-state index in [1.165, 1.54) is 0 Å². The molecule has 0 aliphatic carbocycles. The quantitative estimate of drug-likeness (QED) is 0.778. The van der Waals surface area contributed by atoms with Gasteiger partial charge in [-0.25, -0.2) is 4.79 Å². The number of esters is 1. The zero-order chi connectivity index (χ0) is 15.0. The average molecular weight is 279 g/mol. The molecular weight excluding hydrogens is 258 g/mol. The molecule has 0 spiro atoms. The molecule has 0 bridgehead atoms. The molecule has 1 amide bonds. The van der Waals surface area contributed by atoms with Crippen LogP contribution in [0.1, 0.15) is 25.8 Å². The Bertz CT molecular complexity index is 459. The van der Waals surface area contributed by atoms with Gasteiger partial charge in [-0.2, -0.15) is 0 Å². The van der Waals surface area contributed by atoms with E-state index in [2.05, 4.69) is 5.32 Å². The Morgan fingerprint density at radius 1 is 1.30 bits per heavy atom. The van der Waals surface area contributed by atoms with Crippen LogP contribution in [0.5, 0.6) is 0 Å². The fourth-order valence-electron chi connectivity index (χ4n) is 1.49. The summed E-state index contributed by atoms with van der Waals surface area (Å²) in [7, 11) is 0. The van der Waals surface area contributed by atoms with Gasteiger partial charge in [0.1, 0.15) is 13.2 Å². The van der Waals surface area contributed by atoms with Gasteiger partial charge >= 0.3 is 5.97 Å². The van der Waals surface area contributed by atoms with E-state index in [1.807, 2.05) is 39.0 Å². The van der Waals surface area contributed by atoms with Gasteiger partial charge in [-0.05, 0) is 38.0 Å². The van der Waals surface area contributed by atoms with Crippen molar-refractivity contribution >= 4 is 17.6 Å². The molecule has 0 heterocycles. The lowest BCUT2D eigenvalue weighted by Crippen LogP contribution is -2.23. The normalized spacial score (nSPS) is 11.8. The zero-order valence-corrected chi connectivity index (χ0v) is 12.1. The lowest BCUT2D eigenvalue weighted by molar-refractivity contribution is -0.154. The molecule has 0 aliphatic heterocycles. The van der Waals surface area contributed by atoms with Crippen LogP contribution in [-0.4, -0.2) is 31.2 Å². The standard InChI is InChI=1S/C15H21NO4/c1-4-12(3)20-15(18)10-19-9-14(17)16-13-7-5-6-11(2)8-13/h5-8,12H,4,9-10H2,1-3H3,(H,16,17). The van der Waals surface area contributed by atoms with E-state index in [1.54, 1.807) is 6.07 Å². The number of amides is 1. The number of ether oxygens (including phenoxy) is 2. The summed E-state index contributed by atoms with van der Waals surface area (Å²) in [6.07, 6.45) is 0.617. The van der Waals surface area contributed by atoms with Gasteiger partial charge in [0.05, 0.1) is 6.10 Å². The van der Waals surface area contributed by atoms with Gasteiger partial charge in [0.25, 0.3) is 0 Å². The van der Waals surface area contributed by atoms with E-state index in [9.17, 15) is 9.59 Å². The van der Waals surface area contributed by atoms with Gasteiger partial charge in [-0.15, -0.1) is 0 Å². The number of carbonyl (C=O) groups excluding carboxylic acids is 2. The third-order valence-corrected chi connectivity index (χ3v) is 2.66. The minimum Gasteiger partial charge on any atom is -0.461 e. The number of aryl methyl sites for hydroxylation is 1. The van der Waals surface area contributed by atoms with Gasteiger partial charge in [-0.3, -0.25) is 4.79 Å². The minimum absolute atomic E-state index is 0.132. The molecule has 0 radical (unpaired) electrons. The Morgan fingerprint density at radius 2 is 2.05 bits per heavy atom. The smallest absolute Gasteiger partial charge is 0.332 e. The summed E-state index contributed by atoms with van der Waals surface area (Å²) in [5, 5.41) is 2.69. The molecule has 1 aromatic rings. The van der Waals surface area contributed by atoms with Crippen LogP contribution in [0.25, 0.3) is 0 Å². The van der Waals surface area contributed by atoms with Crippen molar-refractivity contribution in [3.05, 3.63) is 29.8 Å². The van der Waals surface area contributed by atoms with Crippen LogP contribution < -0.4 is 5.32 Å². The average Bonchev–Trinajstić information content (AvgIpc) is 2.38. The predicted octanol–water partition coefficient (Wildman–Crippen LogP) is 2.29. The number of hydrogen-bond acceptors (Lipinski definition) is 4. The molecule has 0 aliphatic rings. The zero-order valence-electron chi connectivity index (χ0n) is 12.1. The third kappa shape index (κ3) is 6.33. The van der Waals surface area contributed by atoms with Crippen LogP contribution in [0, 0.1) is 6.92 Å². The SMILES string of the molecule is CCC(C)OC(=O)COCC(=O)Nc1cccc(C)c1. The van der Waals surface area contributed by atoms with Gasteiger partial charge < -0.3 is 14.8 Å². The first kappa shape index (κ1) is 16.2. The maximum atomic E-state index is 11.6. The van der Waals surface area contributed by atoms with Crippen LogP contribution in [0.2, 0.25) is 0 Å². The number of nitrogens with one attached hydrogen (secondary N) is 1. The molecule has 1 unspecified atom stereocenters. The summed E-state index contributed by atoms with van der Waals surface area (Å²) < 4.78 is 10.0. The Morgan fingerprint density at radius 3 is 2.70 bits per heavy atom. The van der Waals surface area contributed by atoms with E-state index < -0.39 is 5.97 Å². The molecule has 0 aromatic heterocycles. The molecule has 5 nitrogen and oxygen atoms in total. The molecule has 110 valence electrons. The van der Waals surface area contributed by atoms with Gasteiger partial charge in [0.15, 0.2) is 0 Å². The van der Waals surface area contributed by atoms with E-state index in [-0.39, 0.29) is 25.2 Å². The number of anilines is 1. The highest BCUT2D eigenvalue weighted by atomic mass is 16.6. The van der Waals surface area contributed by atoms with Crippen LogP contribution in [0.15, 0.2) is 24.3 Å². The van der Waals surface area contributed by atoms with E-state index >= 15 is 0 Å². The van der Waals surface area contributed by atoms with Gasteiger partial charge in [0.2, 0.25) is 5.91 Å². The van der Waals surface area contributed by atoms with Crippen molar-refractivity contribution in [1.82, 2.24) is 0 Å². The summed E-state index contributed by atoms with van der Waals surface area (Å²) in [6.45, 7) is 5.28. The summed E-state index contributed by atoms with van der Waals surface area (Å²) in [6, 6.07) is 7.45. The summed E-state index contributed by atoms with van der Waals surface area (Å²) in [4.78, 5) is 22.9. The van der Waals surface area contributed by atoms with Crippen molar-refractivity contribution in [2.24, 2.45) is 0 Å². The second-order valence-electron chi connectivity index (χ2n) is 4.62. The first-order valence-corrected chi connectivity index (χ1v) is 6.65. The lowest BCUT2D eigenvalue weighted by Gasteiger charge is -2.11. The Balaban J connectivity index is 2.25. The molecule has 0 fully saturated rings. The Kier molecular flexibility index (Phi) is 6.73. The minimum atomic E-state index is -0.456. The lowest BCUT2D eigenvalue weighted by atomic mass is 10.2. The fraction of sp³-hybridized carbons (Fsp3) is 0.467. The highest BCUT2D eigenvalue weighted by Crippen LogP contribution is 2.09. The van der Waals surface area contributed by atoms with Crippen molar-refractivity contribution < 1.29 is 19.1 Å². The number of rotatable bonds is 7.